The van der Waals surface area contributed by atoms with Crippen LogP contribution >= 0.6 is 0 Å². The summed E-state index contributed by atoms with van der Waals surface area (Å²) in [5, 5.41) is 9.38. The number of carbonyl (C=O) groups excluding carboxylic acids is 1. The van der Waals surface area contributed by atoms with Crippen molar-refractivity contribution >= 4 is 17.6 Å². The molecular formula is C15H18N2O3. The molecule has 5 nitrogen and oxygen atoms in total. The SMILES string of the molecule is NC1CCC(C(=O)N2c3ccccc3CC2C(=O)O)C1. The van der Waals surface area contributed by atoms with E-state index >= 15 is 0 Å². The Morgan fingerprint density at radius 2 is 2.00 bits per heavy atom. The number of aliphatic carboxylic acids is 1. The summed E-state index contributed by atoms with van der Waals surface area (Å²) >= 11 is 0. The number of nitrogens with zero attached hydrogens (tertiary/aromatic N) is 1. The Labute approximate surface area is 117 Å². The highest BCUT2D eigenvalue weighted by molar-refractivity contribution is 6.03. The molecule has 0 spiro atoms. The first-order chi connectivity index (χ1) is 9.58. The molecule has 1 aromatic rings. The van der Waals surface area contributed by atoms with Gasteiger partial charge in [0.1, 0.15) is 6.04 Å². The fourth-order valence-corrected chi connectivity index (χ4v) is 3.29. The molecule has 3 N–H and O–H groups in total. The number of rotatable bonds is 2. The summed E-state index contributed by atoms with van der Waals surface area (Å²) in [6.07, 6.45) is 2.63. The monoisotopic (exact) mass is 274 g/mol. The third-order valence-electron chi connectivity index (χ3n) is 4.32. The van der Waals surface area contributed by atoms with Gasteiger partial charge < -0.3 is 10.8 Å². The van der Waals surface area contributed by atoms with Crippen molar-refractivity contribution in [3.8, 4) is 0 Å². The number of amides is 1. The van der Waals surface area contributed by atoms with Gasteiger partial charge in [0.05, 0.1) is 0 Å². The minimum atomic E-state index is -0.947. The molecule has 1 heterocycles. The van der Waals surface area contributed by atoms with Crippen molar-refractivity contribution in [2.24, 2.45) is 11.7 Å². The van der Waals surface area contributed by atoms with Crippen molar-refractivity contribution < 1.29 is 14.7 Å². The predicted molar refractivity (Wildman–Crippen MR) is 74.4 cm³/mol. The first-order valence-corrected chi connectivity index (χ1v) is 6.97. The number of nitrogens with two attached hydrogens (primary N) is 1. The van der Waals surface area contributed by atoms with Crippen molar-refractivity contribution in [3.05, 3.63) is 29.8 Å². The Morgan fingerprint density at radius 1 is 1.25 bits per heavy atom. The molecule has 0 aromatic heterocycles. The van der Waals surface area contributed by atoms with Crippen molar-refractivity contribution in [1.82, 2.24) is 0 Å². The van der Waals surface area contributed by atoms with Gasteiger partial charge in [0.15, 0.2) is 0 Å². The van der Waals surface area contributed by atoms with Crippen LogP contribution in [0.5, 0.6) is 0 Å². The molecule has 1 fully saturated rings. The van der Waals surface area contributed by atoms with Crippen LogP contribution in [0.15, 0.2) is 24.3 Å². The molecule has 5 heteroatoms. The maximum absolute atomic E-state index is 12.7. The van der Waals surface area contributed by atoms with E-state index in [-0.39, 0.29) is 17.9 Å². The fraction of sp³-hybridized carbons (Fsp3) is 0.467. The van der Waals surface area contributed by atoms with Crippen LogP contribution in [0.25, 0.3) is 0 Å². The average molecular weight is 274 g/mol. The number of carbonyl (C=O) groups is 2. The van der Waals surface area contributed by atoms with Crippen molar-refractivity contribution in [2.75, 3.05) is 4.90 Å². The van der Waals surface area contributed by atoms with E-state index in [0.717, 1.165) is 24.1 Å². The predicted octanol–water partition coefficient (Wildman–Crippen LogP) is 1.16. The van der Waals surface area contributed by atoms with E-state index in [1.165, 1.54) is 4.90 Å². The number of hydrogen-bond donors (Lipinski definition) is 2. The molecule has 1 amide bonds. The van der Waals surface area contributed by atoms with Crippen LogP contribution in [0.3, 0.4) is 0 Å². The Balaban J connectivity index is 1.92. The van der Waals surface area contributed by atoms with Crippen LogP contribution in [0.1, 0.15) is 24.8 Å². The summed E-state index contributed by atoms with van der Waals surface area (Å²) in [7, 11) is 0. The maximum atomic E-state index is 12.7. The fourth-order valence-electron chi connectivity index (χ4n) is 3.29. The number of anilines is 1. The first-order valence-electron chi connectivity index (χ1n) is 6.97. The van der Waals surface area contributed by atoms with E-state index in [4.69, 9.17) is 5.73 Å². The summed E-state index contributed by atoms with van der Waals surface area (Å²) in [4.78, 5) is 25.6. The average Bonchev–Trinajstić information content (AvgIpc) is 3.01. The quantitative estimate of drug-likeness (QED) is 0.847. The van der Waals surface area contributed by atoms with E-state index in [9.17, 15) is 14.7 Å². The molecule has 1 aromatic carbocycles. The summed E-state index contributed by atoms with van der Waals surface area (Å²) in [5.74, 6) is -1.18. The van der Waals surface area contributed by atoms with Gasteiger partial charge in [0.25, 0.3) is 0 Å². The molecule has 0 radical (unpaired) electrons. The molecule has 106 valence electrons. The van der Waals surface area contributed by atoms with Gasteiger partial charge in [-0.25, -0.2) is 4.79 Å². The highest BCUT2D eigenvalue weighted by Gasteiger charge is 2.42. The highest BCUT2D eigenvalue weighted by Crippen LogP contribution is 2.36. The third-order valence-corrected chi connectivity index (χ3v) is 4.32. The molecule has 0 bridgehead atoms. The van der Waals surface area contributed by atoms with Crippen LogP contribution in [0.4, 0.5) is 5.69 Å². The molecule has 2 aliphatic rings. The highest BCUT2D eigenvalue weighted by atomic mass is 16.4. The number of carboxylic acid groups (broad SMARTS) is 1. The molecule has 1 aliphatic heterocycles. The van der Waals surface area contributed by atoms with Gasteiger partial charge in [-0.2, -0.15) is 0 Å². The van der Waals surface area contributed by atoms with Crippen LogP contribution in [-0.4, -0.2) is 29.1 Å². The van der Waals surface area contributed by atoms with E-state index < -0.39 is 12.0 Å². The zero-order valence-electron chi connectivity index (χ0n) is 11.2. The Morgan fingerprint density at radius 3 is 2.65 bits per heavy atom. The zero-order chi connectivity index (χ0) is 14.3. The van der Waals surface area contributed by atoms with Gasteiger partial charge in [-0.05, 0) is 30.9 Å². The smallest absolute Gasteiger partial charge is 0.327 e. The lowest BCUT2D eigenvalue weighted by Crippen LogP contribution is -2.45. The van der Waals surface area contributed by atoms with Crippen LogP contribution in [0, 0.1) is 5.92 Å². The summed E-state index contributed by atoms with van der Waals surface area (Å²) in [6.45, 7) is 0. The van der Waals surface area contributed by atoms with Gasteiger partial charge in [-0.15, -0.1) is 0 Å². The second-order valence-electron chi connectivity index (χ2n) is 5.67. The van der Waals surface area contributed by atoms with E-state index in [1.807, 2.05) is 24.3 Å². The number of fused-ring (bicyclic) bond motifs is 1. The largest absolute Gasteiger partial charge is 0.480 e. The molecule has 3 unspecified atom stereocenters. The lowest BCUT2D eigenvalue weighted by Gasteiger charge is -2.25. The number of benzene rings is 1. The zero-order valence-corrected chi connectivity index (χ0v) is 11.2. The topological polar surface area (TPSA) is 83.6 Å². The molecule has 1 saturated carbocycles. The number of carboxylic acids is 1. The Kier molecular flexibility index (Phi) is 3.22. The van der Waals surface area contributed by atoms with Gasteiger partial charge in [0, 0.05) is 24.1 Å². The molecule has 0 saturated heterocycles. The minimum Gasteiger partial charge on any atom is -0.480 e. The van der Waals surface area contributed by atoms with Crippen molar-refractivity contribution in [3.63, 3.8) is 0 Å². The third kappa shape index (κ3) is 2.08. The van der Waals surface area contributed by atoms with E-state index in [1.54, 1.807) is 0 Å². The Bertz CT molecular complexity index is 558. The Hall–Kier alpha value is -1.88. The molecular weight excluding hydrogens is 256 g/mol. The van der Waals surface area contributed by atoms with Crippen LogP contribution in [-0.2, 0) is 16.0 Å². The summed E-state index contributed by atoms with van der Waals surface area (Å²) < 4.78 is 0. The van der Waals surface area contributed by atoms with Crippen molar-refractivity contribution in [1.29, 1.82) is 0 Å². The van der Waals surface area contributed by atoms with Gasteiger partial charge in [-0.1, -0.05) is 18.2 Å². The van der Waals surface area contributed by atoms with Crippen LogP contribution in [0.2, 0.25) is 0 Å². The van der Waals surface area contributed by atoms with Gasteiger partial charge in [0.2, 0.25) is 5.91 Å². The summed E-state index contributed by atoms with van der Waals surface area (Å²) in [5.41, 5.74) is 7.53. The van der Waals surface area contributed by atoms with Crippen molar-refractivity contribution in [2.45, 2.75) is 37.8 Å². The number of para-hydroxylation sites is 1. The van der Waals surface area contributed by atoms with Gasteiger partial charge >= 0.3 is 5.97 Å². The van der Waals surface area contributed by atoms with Gasteiger partial charge in [-0.3, -0.25) is 9.69 Å². The standard InChI is InChI=1S/C15H18N2O3/c16-11-6-5-10(7-11)14(18)17-12-4-2-1-3-9(12)8-13(17)15(19)20/h1-4,10-11,13H,5-8,16H2,(H,19,20). The minimum absolute atomic E-state index is 0.0603. The second kappa shape index (κ2) is 4.90. The second-order valence-corrected chi connectivity index (χ2v) is 5.67. The molecule has 20 heavy (non-hydrogen) atoms. The molecule has 3 atom stereocenters. The summed E-state index contributed by atoms with van der Waals surface area (Å²) in [6, 6.07) is 6.70. The van der Waals surface area contributed by atoms with E-state index in [2.05, 4.69) is 0 Å². The van der Waals surface area contributed by atoms with Crippen LogP contribution < -0.4 is 10.6 Å². The first kappa shape index (κ1) is 13.1. The normalized spacial score (nSPS) is 28.4. The maximum Gasteiger partial charge on any atom is 0.327 e. The number of hydrogen-bond acceptors (Lipinski definition) is 3. The lowest BCUT2D eigenvalue weighted by molar-refractivity contribution is -0.140. The van der Waals surface area contributed by atoms with E-state index in [0.29, 0.717) is 12.8 Å². The lowest BCUT2D eigenvalue weighted by atomic mass is 10.1. The molecule has 3 rings (SSSR count). The molecule has 1 aliphatic carbocycles.